The van der Waals surface area contributed by atoms with Crippen LogP contribution in [0.4, 0.5) is 18.9 Å². The van der Waals surface area contributed by atoms with Gasteiger partial charge in [0.1, 0.15) is 0 Å². The number of fused-ring (bicyclic) bond motifs is 2. The highest BCUT2D eigenvalue weighted by Crippen LogP contribution is 2.49. The lowest BCUT2D eigenvalue weighted by Crippen LogP contribution is -2.32. The molecule has 0 aromatic heterocycles. The maximum absolute atomic E-state index is 13.4. The van der Waals surface area contributed by atoms with Crippen molar-refractivity contribution in [2.75, 3.05) is 5.32 Å². The minimum absolute atomic E-state index is 0.0229. The van der Waals surface area contributed by atoms with E-state index in [4.69, 9.17) is 17.3 Å². The van der Waals surface area contributed by atoms with Gasteiger partial charge in [0.15, 0.2) is 27.3 Å². The number of nitrogens with two attached hydrogens (primary N) is 1. The van der Waals surface area contributed by atoms with E-state index in [2.05, 4.69) is 5.32 Å². The molecule has 2 aliphatic carbocycles. The highest BCUT2D eigenvalue weighted by Gasteiger charge is 2.53. The Kier molecular flexibility index (Phi) is 5.32. The molecule has 0 spiro atoms. The van der Waals surface area contributed by atoms with Gasteiger partial charge in [-0.2, -0.15) is 0 Å². The van der Waals surface area contributed by atoms with Crippen LogP contribution >= 0.6 is 11.6 Å². The first kappa shape index (κ1) is 21.1. The maximum Gasteiger partial charge on any atom is 0.255 e. The normalized spacial score (nSPS) is 25.5. The van der Waals surface area contributed by atoms with Crippen molar-refractivity contribution in [2.45, 2.75) is 35.4 Å². The Morgan fingerprint density at radius 1 is 1.10 bits per heavy atom. The van der Waals surface area contributed by atoms with Crippen LogP contribution in [0.2, 0.25) is 5.02 Å². The van der Waals surface area contributed by atoms with Crippen molar-refractivity contribution in [3.8, 4) is 0 Å². The minimum atomic E-state index is -3.85. The zero-order valence-electron chi connectivity index (χ0n) is 15.5. The van der Waals surface area contributed by atoms with Gasteiger partial charge in [-0.25, -0.2) is 21.6 Å². The predicted octanol–water partition coefficient (Wildman–Crippen LogP) is 3.91. The second-order valence-electron chi connectivity index (χ2n) is 7.76. The number of hydrogen-bond acceptors (Lipinski definition) is 4. The molecule has 0 radical (unpaired) electrons. The van der Waals surface area contributed by atoms with Crippen LogP contribution in [0.15, 0.2) is 35.2 Å². The Labute approximate surface area is 176 Å². The molecule has 2 aromatic rings. The molecule has 160 valence electrons. The summed E-state index contributed by atoms with van der Waals surface area (Å²) in [7, 11) is -3.85. The number of sulfone groups is 1. The molecule has 4 atom stereocenters. The third-order valence-corrected chi connectivity index (χ3v) is 8.83. The number of amides is 1. The average molecular weight is 459 g/mol. The smallest absolute Gasteiger partial charge is 0.255 e. The summed E-state index contributed by atoms with van der Waals surface area (Å²) in [6.45, 7) is 0. The summed E-state index contributed by atoms with van der Waals surface area (Å²) in [5, 5.41) is 1.56. The molecule has 10 heteroatoms. The molecule has 2 saturated carbocycles. The number of carbonyl (C=O) groups excluding carboxylic acids is 1. The maximum atomic E-state index is 13.4. The van der Waals surface area contributed by atoms with Crippen LogP contribution in [-0.4, -0.2) is 25.6 Å². The summed E-state index contributed by atoms with van der Waals surface area (Å²) in [6.07, 6.45) is 2.14. The first-order chi connectivity index (χ1) is 14.1. The molecule has 1 amide bonds. The van der Waals surface area contributed by atoms with Crippen molar-refractivity contribution in [3.63, 3.8) is 0 Å². The van der Waals surface area contributed by atoms with Gasteiger partial charge >= 0.3 is 0 Å². The molecular weight excluding hydrogens is 441 g/mol. The van der Waals surface area contributed by atoms with Crippen molar-refractivity contribution < 1.29 is 26.4 Å². The van der Waals surface area contributed by atoms with Gasteiger partial charge in [0.05, 0.1) is 15.2 Å². The fourth-order valence-corrected chi connectivity index (χ4v) is 7.56. The third-order valence-electron chi connectivity index (χ3n) is 5.98. The summed E-state index contributed by atoms with van der Waals surface area (Å²) in [6, 6.07) is 4.79. The number of nitrogens with one attached hydrogen (secondary N) is 1. The minimum Gasteiger partial charge on any atom is -0.327 e. The summed E-state index contributed by atoms with van der Waals surface area (Å²) in [4.78, 5) is 12.3. The van der Waals surface area contributed by atoms with E-state index in [1.165, 1.54) is 12.1 Å². The van der Waals surface area contributed by atoms with Gasteiger partial charge in [-0.05, 0) is 49.3 Å². The number of carbonyl (C=O) groups is 1. The molecule has 2 bridgehead atoms. The van der Waals surface area contributed by atoms with Crippen LogP contribution in [-0.2, 0) is 9.84 Å². The van der Waals surface area contributed by atoms with Crippen LogP contribution in [0.25, 0.3) is 0 Å². The second-order valence-corrected chi connectivity index (χ2v) is 10.2. The van der Waals surface area contributed by atoms with Crippen LogP contribution < -0.4 is 11.1 Å². The van der Waals surface area contributed by atoms with Gasteiger partial charge in [0.25, 0.3) is 5.91 Å². The van der Waals surface area contributed by atoms with Crippen LogP contribution in [0.5, 0.6) is 0 Å². The lowest BCUT2D eigenvalue weighted by Gasteiger charge is -2.19. The van der Waals surface area contributed by atoms with E-state index in [0.29, 0.717) is 18.6 Å². The molecular formula is C20H18ClF3N2O3S. The van der Waals surface area contributed by atoms with E-state index >= 15 is 0 Å². The van der Waals surface area contributed by atoms with Gasteiger partial charge in [-0.15, -0.1) is 0 Å². The van der Waals surface area contributed by atoms with Gasteiger partial charge in [0.2, 0.25) is 0 Å². The summed E-state index contributed by atoms with van der Waals surface area (Å²) in [5.74, 6) is -5.60. The van der Waals surface area contributed by atoms with Crippen molar-refractivity contribution in [2.24, 2.45) is 17.6 Å². The van der Waals surface area contributed by atoms with Crippen LogP contribution in [0.3, 0.4) is 0 Å². The molecule has 2 aliphatic rings. The van der Waals surface area contributed by atoms with Gasteiger partial charge in [-0.3, -0.25) is 4.79 Å². The highest BCUT2D eigenvalue weighted by molar-refractivity contribution is 7.92. The Morgan fingerprint density at radius 3 is 2.33 bits per heavy atom. The Balaban J connectivity index is 1.64. The number of benzene rings is 2. The van der Waals surface area contributed by atoms with E-state index in [9.17, 15) is 26.4 Å². The SMILES string of the molecule is N[C@H]1CC2CCC1[C@@H]2S(=O)(=O)c1cc(C(=O)Nc2cc(F)c(F)c(F)c2)ccc1Cl. The first-order valence-corrected chi connectivity index (χ1v) is 11.3. The van der Waals surface area contributed by atoms with Crippen molar-refractivity contribution >= 4 is 33.0 Å². The topological polar surface area (TPSA) is 89.3 Å². The Morgan fingerprint density at radius 2 is 1.77 bits per heavy atom. The quantitative estimate of drug-likeness (QED) is 0.680. The highest BCUT2D eigenvalue weighted by atomic mass is 35.5. The molecule has 2 unspecified atom stereocenters. The van der Waals surface area contributed by atoms with Gasteiger partial charge < -0.3 is 11.1 Å². The second kappa shape index (κ2) is 7.55. The van der Waals surface area contributed by atoms with Crippen molar-refractivity contribution in [1.29, 1.82) is 0 Å². The number of hydrogen-bond donors (Lipinski definition) is 2. The molecule has 0 saturated heterocycles. The molecule has 2 aromatic carbocycles. The molecule has 0 aliphatic heterocycles. The van der Waals surface area contributed by atoms with E-state index in [-0.39, 0.29) is 39.0 Å². The molecule has 2 fully saturated rings. The largest absolute Gasteiger partial charge is 0.327 e. The van der Waals surface area contributed by atoms with Crippen LogP contribution in [0, 0.1) is 29.3 Å². The van der Waals surface area contributed by atoms with E-state index in [0.717, 1.165) is 18.9 Å². The fraction of sp³-hybridized carbons (Fsp3) is 0.350. The zero-order valence-corrected chi connectivity index (χ0v) is 17.1. The lowest BCUT2D eigenvalue weighted by molar-refractivity contribution is 0.102. The van der Waals surface area contributed by atoms with Crippen molar-refractivity contribution in [3.05, 3.63) is 58.4 Å². The van der Waals surface area contributed by atoms with Gasteiger partial charge in [-0.1, -0.05) is 11.6 Å². The monoisotopic (exact) mass is 458 g/mol. The molecule has 5 nitrogen and oxygen atoms in total. The van der Waals surface area contributed by atoms with Crippen molar-refractivity contribution in [1.82, 2.24) is 0 Å². The summed E-state index contributed by atoms with van der Waals surface area (Å²) >= 11 is 6.15. The van der Waals surface area contributed by atoms with E-state index in [1.807, 2.05) is 0 Å². The lowest BCUT2D eigenvalue weighted by atomic mass is 9.96. The molecule has 0 heterocycles. The number of anilines is 1. The Bertz CT molecular complexity index is 1120. The summed E-state index contributed by atoms with van der Waals surface area (Å²) < 4.78 is 66.5. The summed E-state index contributed by atoms with van der Waals surface area (Å²) in [5.41, 5.74) is 5.69. The Hall–Kier alpha value is -2.10. The molecule has 3 N–H and O–H groups in total. The number of rotatable bonds is 4. The predicted molar refractivity (Wildman–Crippen MR) is 106 cm³/mol. The zero-order chi connectivity index (χ0) is 21.8. The van der Waals surface area contributed by atoms with Gasteiger partial charge in [0, 0.05) is 29.4 Å². The first-order valence-electron chi connectivity index (χ1n) is 9.34. The fourth-order valence-electron chi connectivity index (χ4n) is 4.64. The van der Waals surface area contributed by atoms with E-state index < -0.39 is 38.4 Å². The average Bonchev–Trinajstić information content (AvgIpc) is 3.24. The standard InChI is InChI=1S/C20H18ClF3N2O3S/c21-13-4-2-10(20(27)26-11-7-14(22)18(24)15(23)8-11)6-17(13)30(28,29)19-9-1-3-12(19)16(25)5-9/h2,4,6-9,12,16,19H,1,3,5,25H2,(H,26,27)/t9?,12?,16-,19+/m0/s1. The molecule has 30 heavy (non-hydrogen) atoms. The number of halogens is 4. The van der Waals surface area contributed by atoms with Crippen LogP contribution in [0.1, 0.15) is 29.6 Å². The molecule has 4 rings (SSSR count). The van der Waals surface area contributed by atoms with E-state index in [1.54, 1.807) is 0 Å². The third kappa shape index (κ3) is 3.48.